The van der Waals surface area contributed by atoms with E-state index in [4.69, 9.17) is 5.11 Å². The fourth-order valence-electron chi connectivity index (χ4n) is 4.64. The number of nitrogens with zero attached hydrogens (tertiary/aromatic N) is 1. The van der Waals surface area contributed by atoms with Crippen LogP contribution in [0.15, 0.2) is 0 Å². The van der Waals surface area contributed by atoms with E-state index in [1.54, 1.807) is 0 Å². The standard InChI is InChI=1S/C17H30N2O2/c20-12-4-7-14-6-3-11-19(14)17(21)16-10-9-13-5-1-2-8-15(13)18-16/h13-16,18,20H,1-12H2. The molecule has 4 unspecified atom stereocenters. The quantitative estimate of drug-likeness (QED) is 0.834. The first-order valence-electron chi connectivity index (χ1n) is 8.97. The number of aliphatic hydroxyl groups is 1. The van der Waals surface area contributed by atoms with Crippen LogP contribution in [-0.2, 0) is 4.79 Å². The first kappa shape index (κ1) is 15.3. The summed E-state index contributed by atoms with van der Waals surface area (Å²) in [5, 5.41) is 12.7. The SMILES string of the molecule is O=C(C1CCC2CCCCC2N1)N1CCCC1CCCO. The van der Waals surface area contributed by atoms with E-state index in [2.05, 4.69) is 10.2 Å². The number of hydrogen-bond acceptors (Lipinski definition) is 3. The molecule has 120 valence electrons. The molecule has 0 aromatic rings. The largest absolute Gasteiger partial charge is 0.396 e. The molecule has 0 bridgehead atoms. The van der Waals surface area contributed by atoms with E-state index < -0.39 is 0 Å². The van der Waals surface area contributed by atoms with E-state index in [1.165, 1.54) is 32.1 Å². The van der Waals surface area contributed by atoms with Crippen LogP contribution in [0.25, 0.3) is 0 Å². The Morgan fingerprint density at radius 3 is 2.81 bits per heavy atom. The molecule has 4 atom stereocenters. The number of aliphatic hydroxyl groups excluding tert-OH is 1. The van der Waals surface area contributed by atoms with Crippen molar-refractivity contribution in [1.82, 2.24) is 10.2 Å². The topological polar surface area (TPSA) is 52.6 Å². The second-order valence-electron chi connectivity index (χ2n) is 7.14. The molecule has 0 spiro atoms. The second kappa shape index (κ2) is 7.10. The molecule has 3 fully saturated rings. The highest BCUT2D eigenvalue weighted by Gasteiger charge is 2.38. The van der Waals surface area contributed by atoms with Gasteiger partial charge in [-0.15, -0.1) is 0 Å². The van der Waals surface area contributed by atoms with Crippen molar-refractivity contribution in [3.8, 4) is 0 Å². The number of likely N-dealkylation sites (tertiary alicyclic amines) is 1. The van der Waals surface area contributed by atoms with E-state index in [0.29, 0.717) is 18.0 Å². The van der Waals surface area contributed by atoms with E-state index in [9.17, 15) is 4.79 Å². The number of fused-ring (bicyclic) bond motifs is 1. The summed E-state index contributed by atoms with van der Waals surface area (Å²) in [5.74, 6) is 1.14. The first-order chi connectivity index (χ1) is 10.3. The van der Waals surface area contributed by atoms with Crippen LogP contribution in [0.3, 0.4) is 0 Å². The minimum atomic E-state index is 0.0547. The van der Waals surface area contributed by atoms with Crippen LogP contribution in [0.5, 0.6) is 0 Å². The van der Waals surface area contributed by atoms with E-state index in [0.717, 1.165) is 44.6 Å². The molecule has 1 amide bonds. The maximum Gasteiger partial charge on any atom is 0.239 e. The first-order valence-corrected chi connectivity index (χ1v) is 8.97. The highest BCUT2D eigenvalue weighted by Crippen LogP contribution is 2.33. The average molecular weight is 294 g/mol. The summed E-state index contributed by atoms with van der Waals surface area (Å²) in [6.07, 6.45) is 11.5. The van der Waals surface area contributed by atoms with Gasteiger partial charge >= 0.3 is 0 Å². The molecule has 2 saturated heterocycles. The van der Waals surface area contributed by atoms with Crippen molar-refractivity contribution in [3.05, 3.63) is 0 Å². The molecule has 21 heavy (non-hydrogen) atoms. The lowest BCUT2D eigenvalue weighted by molar-refractivity contribution is -0.135. The number of hydrogen-bond donors (Lipinski definition) is 2. The summed E-state index contributed by atoms with van der Waals surface area (Å²) in [7, 11) is 0. The molecule has 2 aliphatic heterocycles. The molecule has 0 radical (unpaired) electrons. The average Bonchev–Trinajstić information content (AvgIpc) is 3.00. The van der Waals surface area contributed by atoms with Gasteiger partial charge in [-0.25, -0.2) is 0 Å². The van der Waals surface area contributed by atoms with Gasteiger partial charge < -0.3 is 15.3 Å². The van der Waals surface area contributed by atoms with Gasteiger partial charge in [0.15, 0.2) is 0 Å². The molecule has 1 aliphatic carbocycles. The van der Waals surface area contributed by atoms with Gasteiger partial charge in [0.2, 0.25) is 5.91 Å². The molecule has 4 heteroatoms. The zero-order chi connectivity index (χ0) is 14.7. The lowest BCUT2D eigenvalue weighted by Gasteiger charge is -2.41. The Morgan fingerprint density at radius 2 is 1.95 bits per heavy atom. The lowest BCUT2D eigenvalue weighted by Crippen LogP contribution is -2.56. The number of rotatable bonds is 4. The molecular weight excluding hydrogens is 264 g/mol. The number of piperidine rings is 1. The van der Waals surface area contributed by atoms with Crippen LogP contribution >= 0.6 is 0 Å². The third kappa shape index (κ3) is 3.42. The highest BCUT2D eigenvalue weighted by molar-refractivity contribution is 5.82. The van der Waals surface area contributed by atoms with Gasteiger partial charge in [-0.3, -0.25) is 4.79 Å². The Bertz CT molecular complexity index is 361. The van der Waals surface area contributed by atoms with Crippen molar-refractivity contribution >= 4 is 5.91 Å². The lowest BCUT2D eigenvalue weighted by atomic mass is 9.77. The van der Waals surface area contributed by atoms with Gasteiger partial charge in [0.1, 0.15) is 0 Å². The van der Waals surface area contributed by atoms with Crippen LogP contribution < -0.4 is 5.32 Å². The Hall–Kier alpha value is -0.610. The van der Waals surface area contributed by atoms with E-state index in [-0.39, 0.29) is 12.6 Å². The van der Waals surface area contributed by atoms with Crippen molar-refractivity contribution in [1.29, 1.82) is 0 Å². The summed E-state index contributed by atoms with van der Waals surface area (Å²) in [6, 6.07) is 1.01. The van der Waals surface area contributed by atoms with Crippen LogP contribution in [0.4, 0.5) is 0 Å². The minimum absolute atomic E-state index is 0.0547. The van der Waals surface area contributed by atoms with E-state index in [1.807, 2.05) is 0 Å². The highest BCUT2D eigenvalue weighted by atomic mass is 16.3. The summed E-state index contributed by atoms with van der Waals surface area (Å²) in [4.78, 5) is 15.0. The maximum atomic E-state index is 12.8. The fraction of sp³-hybridized carbons (Fsp3) is 0.941. The van der Waals surface area contributed by atoms with Crippen molar-refractivity contribution in [2.45, 2.75) is 82.3 Å². The predicted octanol–water partition coefficient (Wildman–Crippen LogP) is 2.06. The third-order valence-corrected chi connectivity index (χ3v) is 5.80. The van der Waals surface area contributed by atoms with Gasteiger partial charge in [0, 0.05) is 25.2 Å². The molecular formula is C17H30N2O2. The molecule has 0 aromatic carbocycles. The van der Waals surface area contributed by atoms with E-state index >= 15 is 0 Å². The molecule has 3 aliphatic rings. The van der Waals surface area contributed by atoms with Gasteiger partial charge in [-0.05, 0) is 57.3 Å². The van der Waals surface area contributed by atoms with Crippen LogP contribution in [0.2, 0.25) is 0 Å². The summed E-state index contributed by atoms with van der Waals surface area (Å²) >= 11 is 0. The Labute approximate surface area is 128 Å². The van der Waals surface area contributed by atoms with Crippen molar-refractivity contribution in [3.63, 3.8) is 0 Å². The second-order valence-corrected chi connectivity index (χ2v) is 7.14. The summed E-state index contributed by atoms with van der Waals surface area (Å²) in [6.45, 7) is 1.16. The Balaban J connectivity index is 1.57. The monoisotopic (exact) mass is 294 g/mol. The van der Waals surface area contributed by atoms with Crippen molar-refractivity contribution < 1.29 is 9.90 Å². The summed E-state index contributed by atoms with van der Waals surface area (Å²) < 4.78 is 0. The molecule has 2 heterocycles. The Morgan fingerprint density at radius 1 is 1.10 bits per heavy atom. The molecule has 3 rings (SSSR count). The van der Waals surface area contributed by atoms with Crippen LogP contribution in [-0.4, -0.2) is 47.2 Å². The van der Waals surface area contributed by atoms with Gasteiger partial charge in [-0.2, -0.15) is 0 Å². The van der Waals surface area contributed by atoms with Gasteiger partial charge in [-0.1, -0.05) is 12.8 Å². The normalized spacial score (nSPS) is 36.5. The van der Waals surface area contributed by atoms with Crippen LogP contribution in [0.1, 0.15) is 64.2 Å². The number of amides is 1. The molecule has 1 saturated carbocycles. The Kier molecular flexibility index (Phi) is 5.17. The van der Waals surface area contributed by atoms with Crippen molar-refractivity contribution in [2.75, 3.05) is 13.2 Å². The zero-order valence-corrected chi connectivity index (χ0v) is 13.1. The third-order valence-electron chi connectivity index (χ3n) is 5.80. The zero-order valence-electron chi connectivity index (χ0n) is 13.1. The smallest absolute Gasteiger partial charge is 0.239 e. The number of carbonyl (C=O) groups excluding carboxylic acids is 1. The summed E-state index contributed by atoms with van der Waals surface area (Å²) in [5.41, 5.74) is 0. The molecule has 0 aromatic heterocycles. The maximum absolute atomic E-state index is 12.8. The molecule has 2 N–H and O–H groups in total. The van der Waals surface area contributed by atoms with Crippen LogP contribution in [0, 0.1) is 5.92 Å². The number of carbonyl (C=O) groups is 1. The molecule has 4 nitrogen and oxygen atoms in total. The van der Waals surface area contributed by atoms with Gasteiger partial charge in [0.25, 0.3) is 0 Å². The predicted molar refractivity (Wildman–Crippen MR) is 83.0 cm³/mol. The fourth-order valence-corrected chi connectivity index (χ4v) is 4.64. The van der Waals surface area contributed by atoms with Crippen molar-refractivity contribution in [2.24, 2.45) is 5.92 Å². The number of nitrogens with one attached hydrogen (secondary N) is 1. The minimum Gasteiger partial charge on any atom is -0.396 e. The van der Waals surface area contributed by atoms with Gasteiger partial charge in [0.05, 0.1) is 6.04 Å².